The highest BCUT2D eigenvalue weighted by molar-refractivity contribution is 6.96. The number of hydrogen-bond acceptors (Lipinski definition) is 3. The van der Waals surface area contributed by atoms with E-state index < -0.39 is 0 Å². The van der Waals surface area contributed by atoms with Crippen LogP contribution in [0.1, 0.15) is 137 Å². The Hall–Kier alpha value is -5.22. The van der Waals surface area contributed by atoms with Crippen LogP contribution < -0.4 is 20.7 Å². The van der Waals surface area contributed by atoms with Crippen LogP contribution in [-0.2, 0) is 21.7 Å². The minimum absolute atomic E-state index is 0.0183. The molecule has 5 aromatic carbocycles. The van der Waals surface area contributed by atoms with Crippen LogP contribution in [-0.4, -0.2) is 6.71 Å². The van der Waals surface area contributed by atoms with Gasteiger partial charge >= 0.3 is 0 Å². The molecule has 3 nitrogen and oxygen atoms in total. The molecule has 1 aromatic heterocycles. The van der Waals surface area contributed by atoms with Gasteiger partial charge in [-0.05, 0) is 153 Å². The molecule has 0 saturated carbocycles. The third-order valence-electron chi connectivity index (χ3n) is 15.4. The Kier molecular flexibility index (Phi) is 9.21. The SMILES string of the molecule is Cc1cc2c3c(c1)N(c1ccc(C(C)(C)C)cc1-c1ccccc1)c1oc4cc5c(cc4c1B3C1=C(C=CC(C(C)(C)C)C1)N2c1ccc(C(C)(C)C)cc1)C(C)(C)CCC5(C)C. The van der Waals surface area contributed by atoms with Crippen molar-refractivity contribution in [2.24, 2.45) is 11.3 Å². The summed E-state index contributed by atoms with van der Waals surface area (Å²) in [7, 11) is 0. The zero-order valence-electron chi connectivity index (χ0n) is 40.5. The minimum Gasteiger partial charge on any atom is -0.440 e. The summed E-state index contributed by atoms with van der Waals surface area (Å²) in [5, 5.41) is 1.26. The van der Waals surface area contributed by atoms with Crippen LogP contribution in [0.2, 0.25) is 0 Å². The summed E-state index contributed by atoms with van der Waals surface area (Å²) in [5.74, 6) is 1.34. The van der Waals surface area contributed by atoms with Gasteiger partial charge in [-0.1, -0.05) is 150 Å². The van der Waals surface area contributed by atoms with E-state index in [4.69, 9.17) is 4.42 Å². The van der Waals surface area contributed by atoms with Crippen LogP contribution in [0.4, 0.5) is 28.6 Å². The molecule has 322 valence electrons. The van der Waals surface area contributed by atoms with Gasteiger partial charge in [-0.15, -0.1) is 0 Å². The van der Waals surface area contributed by atoms with Gasteiger partial charge in [-0.25, -0.2) is 0 Å². The number of nitrogens with zero attached hydrogens (tertiary/aromatic N) is 2. The lowest BCUT2D eigenvalue weighted by Crippen LogP contribution is -2.56. The first-order valence-corrected chi connectivity index (χ1v) is 23.6. The topological polar surface area (TPSA) is 19.6 Å². The van der Waals surface area contributed by atoms with Crippen molar-refractivity contribution in [1.82, 2.24) is 0 Å². The van der Waals surface area contributed by atoms with Crippen LogP contribution in [0.25, 0.3) is 22.1 Å². The summed E-state index contributed by atoms with van der Waals surface area (Å²) in [4.78, 5) is 5.12. The van der Waals surface area contributed by atoms with E-state index in [1.54, 1.807) is 0 Å². The van der Waals surface area contributed by atoms with Gasteiger partial charge in [0.2, 0.25) is 5.88 Å². The highest BCUT2D eigenvalue weighted by Crippen LogP contribution is 2.54. The standard InChI is InChI=1S/C59H67BN2O/c1-36-30-49-53-50(31-36)62(47-26-22-39(56(5,6)7)32-42(47)37-18-16-15-17-19-37)54-52(43-34-44-45(35-51(43)63-54)59(13,14)29-28-58(44,11)12)60(53)46-33-40(57(8,9)10)23-27-48(46)61(49)41-24-20-38(21-25-41)55(2,3)4/h15-27,30-32,34-35,40H,28-29,33H2,1-14H3. The number of rotatable bonds is 3. The second kappa shape index (κ2) is 13.9. The van der Waals surface area contributed by atoms with E-state index in [0.717, 1.165) is 36.4 Å². The lowest BCUT2D eigenvalue weighted by molar-refractivity contribution is 0.291. The highest BCUT2D eigenvalue weighted by Gasteiger charge is 2.50. The van der Waals surface area contributed by atoms with Crippen LogP contribution in [0.3, 0.4) is 0 Å². The molecule has 63 heavy (non-hydrogen) atoms. The first kappa shape index (κ1) is 41.8. The summed E-state index contributed by atoms with van der Waals surface area (Å²) in [6.07, 6.45) is 8.28. The van der Waals surface area contributed by atoms with Gasteiger partial charge in [0.15, 0.2) is 0 Å². The summed E-state index contributed by atoms with van der Waals surface area (Å²) in [6, 6.07) is 37.5. The maximum Gasteiger partial charge on any atom is 0.252 e. The molecule has 0 N–H and O–H groups in total. The fraction of sp³-hybridized carbons (Fsp3) is 0.390. The maximum absolute atomic E-state index is 7.57. The molecule has 1 unspecified atom stereocenters. The number of benzene rings is 5. The highest BCUT2D eigenvalue weighted by atomic mass is 16.4. The Morgan fingerprint density at radius 3 is 1.86 bits per heavy atom. The monoisotopic (exact) mass is 831 g/mol. The molecule has 0 radical (unpaired) electrons. The van der Waals surface area contributed by atoms with Crippen LogP contribution >= 0.6 is 0 Å². The van der Waals surface area contributed by atoms with E-state index in [9.17, 15) is 0 Å². The predicted molar refractivity (Wildman–Crippen MR) is 271 cm³/mol. The van der Waals surface area contributed by atoms with E-state index in [-0.39, 0.29) is 33.8 Å². The fourth-order valence-corrected chi connectivity index (χ4v) is 11.2. The summed E-state index contributed by atoms with van der Waals surface area (Å²) in [5.41, 5.74) is 20.7. The number of aryl methyl sites for hydroxylation is 1. The van der Waals surface area contributed by atoms with Crippen LogP contribution in [0.5, 0.6) is 0 Å². The van der Waals surface area contributed by atoms with E-state index in [1.807, 2.05) is 0 Å². The molecule has 0 fully saturated rings. The Balaban J connectivity index is 1.34. The fourth-order valence-electron chi connectivity index (χ4n) is 11.2. The van der Waals surface area contributed by atoms with Crippen molar-refractivity contribution in [1.29, 1.82) is 0 Å². The van der Waals surface area contributed by atoms with Crippen molar-refractivity contribution in [2.45, 2.75) is 138 Å². The van der Waals surface area contributed by atoms with Gasteiger partial charge in [-0.2, -0.15) is 0 Å². The van der Waals surface area contributed by atoms with Gasteiger partial charge in [0.25, 0.3) is 6.71 Å². The Morgan fingerprint density at radius 1 is 0.635 bits per heavy atom. The smallest absolute Gasteiger partial charge is 0.252 e. The molecule has 2 aliphatic carbocycles. The second-order valence-corrected chi connectivity index (χ2v) is 23.9. The van der Waals surface area contributed by atoms with Crippen molar-refractivity contribution >= 4 is 57.2 Å². The van der Waals surface area contributed by atoms with Gasteiger partial charge in [0.05, 0.1) is 5.69 Å². The number of allylic oxidation sites excluding steroid dienone is 3. The van der Waals surface area contributed by atoms with Crippen molar-refractivity contribution in [3.05, 3.63) is 148 Å². The maximum atomic E-state index is 7.57. The molecule has 6 aromatic rings. The van der Waals surface area contributed by atoms with E-state index in [2.05, 4.69) is 216 Å². The molecular weight excluding hydrogens is 763 g/mol. The molecule has 4 aliphatic rings. The normalized spacial score (nSPS) is 19.0. The lowest BCUT2D eigenvalue weighted by Gasteiger charge is -2.46. The number of furan rings is 1. The molecule has 4 heteroatoms. The quantitative estimate of drug-likeness (QED) is 0.166. The van der Waals surface area contributed by atoms with Crippen molar-refractivity contribution in [2.75, 3.05) is 9.80 Å². The van der Waals surface area contributed by atoms with Crippen molar-refractivity contribution in [3.8, 4) is 11.1 Å². The number of anilines is 5. The molecule has 0 spiro atoms. The first-order chi connectivity index (χ1) is 29.5. The van der Waals surface area contributed by atoms with E-state index in [1.165, 1.54) is 83.5 Å². The Bertz CT molecular complexity index is 2880. The number of hydrogen-bond donors (Lipinski definition) is 0. The predicted octanol–water partition coefficient (Wildman–Crippen LogP) is 15.3. The summed E-state index contributed by atoms with van der Waals surface area (Å²) < 4.78 is 7.57. The Morgan fingerprint density at radius 2 is 1.24 bits per heavy atom. The minimum atomic E-state index is -0.0231. The van der Waals surface area contributed by atoms with Crippen molar-refractivity contribution in [3.63, 3.8) is 0 Å². The summed E-state index contributed by atoms with van der Waals surface area (Å²) in [6.45, 7) is 33.2. The van der Waals surface area contributed by atoms with Gasteiger partial charge in [0, 0.05) is 39.2 Å². The van der Waals surface area contributed by atoms with Crippen LogP contribution in [0, 0.1) is 18.3 Å². The third-order valence-corrected chi connectivity index (χ3v) is 15.4. The molecule has 0 amide bonds. The van der Waals surface area contributed by atoms with Crippen molar-refractivity contribution < 1.29 is 4.42 Å². The zero-order valence-corrected chi connectivity index (χ0v) is 40.5. The molecule has 1 atom stereocenters. The zero-order chi connectivity index (χ0) is 44.8. The first-order valence-electron chi connectivity index (χ1n) is 23.6. The van der Waals surface area contributed by atoms with Gasteiger partial charge < -0.3 is 9.32 Å². The van der Waals surface area contributed by atoms with E-state index >= 15 is 0 Å². The van der Waals surface area contributed by atoms with Crippen LogP contribution in [0.15, 0.2) is 125 Å². The molecule has 0 bridgehead atoms. The number of fused-ring (bicyclic) bond motifs is 6. The molecule has 3 heterocycles. The third kappa shape index (κ3) is 6.68. The molecule has 2 aliphatic heterocycles. The average Bonchev–Trinajstić information content (AvgIpc) is 3.59. The summed E-state index contributed by atoms with van der Waals surface area (Å²) >= 11 is 0. The molecule has 0 saturated heterocycles. The second-order valence-electron chi connectivity index (χ2n) is 23.9. The van der Waals surface area contributed by atoms with Gasteiger partial charge in [0.1, 0.15) is 5.58 Å². The largest absolute Gasteiger partial charge is 0.440 e. The molecule has 10 rings (SSSR count). The van der Waals surface area contributed by atoms with E-state index in [0.29, 0.717) is 5.92 Å². The Labute approximate surface area is 378 Å². The average molecular weight is 831 g/mol. The lowest BCUT2D eigenvalue weighted by atomic mass is 9.31. The van der Waals surface area contributed by atoms with Gasteiger partial charge in [-0.3, -0.25) is 4.90 Å². The molecular formula is C59H67BN2O.